The number of ether oxygens (including phenoxy) is 1. The summed E-state index contributed by atoms with van der Waals surface area (Å²) >= 11 is 6.21. The van der Waals surface area contributed by atoms with Gasteiger partial charge in [-0.05, 0) is 12.1 Å². The maximum absolute atomic E-state index is 11.3. The Morgan fingerprint density at radius 1 is 0.864 bits per heavy atom. The first kappa shape index (κ1) is 18.6. The van der Waals surface area contributed by atoms with Crippen LogP contribution in [0.15, 0.2) is 54.6 Å². The van der Waals surface area contributed by atoms with E-state index in [4.69, 9.17) is 4.74 Å². The van der Waals surface area contributed by atoms with Crippen LogP contribution in [0.4, 0.5) is 0 Å². The molecule has 0 N–H and O–H groups in total. The van der Waals surface area contributed by atoms with Crippen LogP contribution in [0, 0.1) is 0 Å². The van der Waals surface area contributed by atoms with E-state index < -0.39 is 0 Å². The fourth-order valence-corrected chi connectivity index (χ4v) is 2.27. The Labute approximate surface area is 146 Å². The number of benzene rings is 2. The summed E-state index contributed by atoms with van der Waals surface area (Å²) in [6.07, 6.45) is 0. The molecule has 22 heavy (non-hydrogen) atoms. The summed E-state index contributed by atoms with van der Waals surface area (Å²) in [4.78, 5) is 22.2. The van der Waals surface area contributed by atoms with Gasteiger partial charge in [0, 0.05) is 5.56 Å². The van der Waals surface area contributed by atoms with Crippen molar-refractivity contribution in [2.75, 3.05) is 17.8 Å². The van der Waals surface area contributed by atoms with Gasteiger partial charge in [-0.3, -0.25) is 9.59 Å². The van der Waals surface area contributed by atoms with Gasteiger partial charge in [-0.1, -0.05) is 74.3 Å². The summed E-state index contributed by atoms with van der Waals surface area (Å²) < 4.78 is 5.03. The molecule has 0 spiro atoms. The SMILES string of the molecule is COc1ccccc1C(=O)CBr.O=C(CBr)c1ccccc1. The number of halogens is 2. The molecular weight excluding hydrogens is 412 g/mol. The fraction of sp³-hybridized carbons (Fsp3) is 0.176. The van der Waals surface area contributed by atoms with Crippen molar-refractivity contribution in [2.45, 2.75) is 0 Å². The van der Waals surface area contributed by atoms with Crippen LogP contribution >= 0.6 is 31.9 Å². The second-order valence-corrected chi connectivity index (χ2v) is 5.30. The van der Waals surface area contributed by atoms with Crippen LogP contribution in [0.5, 0.6) is 5.75 Å². The Bertz CT molecular complexity index is 612. The number of carbonyl (C=O) groups is 2. The highest BCUT2D eigenvalue weighted by Crippen LogP contribution is 2.18. The van der Waals surface area contributed by atoms with Gasteiger partial charge in [0.25, 0.3) is 0 Å². The fourth-order valence-electron chi connectivity index (χ4n) is 1.65. The summed E-state index contributed by atoms with van der Waals surface area (Å²) in [5, 5.41) is 0.727. The molecule has 2 rings (SSSR count). The molecule has 0 aromatic heterocycles. The Hall–Kier alpha value is -1.46. The lowest BCUT2D eigenvalue weighted by molar-refractivity contribution is 0.101. The first-order valence-electron chi connectivity index (χ1n) is 6.50. The second kappa shape index (κ2) is 10.3. The molecule has 0 bridgehead atoms. The van der Waals surface area contributed by atoms with Crippen LogP contribution in [0.1, 0.15) is 20.7 Å². The quantitative estimate of drug-likeness (QED) is 0.519. The zero-order valence-corrected chi connectivity index (χ0v) is 15.3. The molecule has 0 aliphatic rings. The molecular formula is C17H16Br2O3. The van der Waals surface area contributed by atoms with Crippen molar-refractivity contribution in [3.63, 3.8) is 0 Å². The zero-order chi connectivity index (χ0) is 16.4. The topological polar surface area (TPSA) is 43.4 Å². The Kier molecular flexibility index (Phi) is 8.70. The molecule has 0 saturated heterocycles. The predicted molar refractivity (Wildman–Crippen MR) is 95.7 cm³/mol. The van der Waals surface area contributed by atoms with Crippen molar-refractivity contribution in [2.24, 2.45) is 0 Å². The van der Waals surface area contributed by atoms with Gasteiger partial charge in [-0.25, -0.2) is 0 Å². The van der Waals surface area contributed by atoms with E-state index in [9.17, 15) is 9.59 Å². The molecule has 2 aromatic carbocycles. The number of para-hydroxylation sites is 1. The summed E-state index contributed by atoms with van der Waals surface area (Å²) in [5.74, 6) is 0.787. The van der Waals surface area contributed by atoms with Crippen LogP contribution in [-0.4, -0.2) is 29.3 Å². The monoisotopic (exact) mass is 426 g/mol. The number of hydrogen-bond donors (Lipinski definition) is 0. The maximum atomic E-state index is 11.3. The molecule has 0 fully saturated rings. The van der Waals surface area contributed by atoms with Gasteiger partial charge in [0.1, 0.15) is 5.75 Å². The normalized spacial score (nSPS) is 9.41. The van der Waals surface area contributed by atoms with E-state index in [0.29, 0.717) is 22.0 Å². The van der Waals surface area contributed by atoms with Crippen molar-refractivity contribution in [1.29, 1.82) is 0 Å². The van der Waals surface area contributed by atoms with Crippen molar-refractivity contribution >= 4 is 43.4 Å². The van der Waals surface area contributed by atoms with E-state index in [0.717, 1.165) is 5.56 Å². The largest absolute Gasteiger partial charge is 0.496 e. The molecule has 0 aliphatic carbocycles. The Morgan fingerprint density at radius 2 is 1.41 bits per heavy atom. The van der Waals surface area contributed by atoms with Gasteiger partial charge in [-0.15, -0.1) is 0 Å². The number of alkyl halides is 2. The lowest BCUT2D eigenvalue weighted by Gasteiger charge is -2.04. The lowest BCUT2D eigenvalue weighted by atomic mass is 10.1. The van der Waals surface area contributed by atoms with Crippen LogP contribution in [-0.2, 0) is 0 Å². The van der Waals surface area contributed by atoms with E-state index in [1.807, 2.05) is 42.5 Å². The van der Waals surface area contributed by atoms with Crippen molar-refractivity contribution in [3.05, 3.63) is 65.7 Å². The van der Waals surface area contributed by atoms with Gasteiger partial charge in [-0.2, -0.15) is 0 Å². The minimum absolute atomic E-state index is 0.0347. The van der Waals surface area contributed by atoms with Crippen molar-refractivity contribution < 1.29 is 14.3 Å². The standard InChI is InChI=1S/C9H9BrO2.C8H7BrO/c1-12-9-5-3-2-4-7(9)8(11)6-10;9-6-8(10)7-4-2-1-3-5-7/h2-5H,6H2,1H3;1-5H,6H2. The molecule has 116 valence electrons. The molecule has 0 amide bonds. The third kappa shape index (κ3) is 5.73. The molecule has 0 heterocycles. The average molecular weight is 428 g/mol. The molecule has 5 heteroatoms. The summed E-state index contributed by atoms with van der Waals surface area (Å²) in [7, 11) is 1.56. The third-order valence-electron chi connectivity index (χ3n) is 2.75. The molecule has 0 unspecified atom stereocenters. The summed E-state index contributed by atoms with van der Waals surface area (Å²) in [5.41, 5.74) is 1.39. The van der Waals surface area contributed by atoms with Gasteiger partial charge >= 0.3 is 0 Å². The Morgan fingerprint density at radius 3 is 1.95 bits per heavy atom. The smallest absolute Gasteiger partial charge is 0.177 e. The van der Waals surface area contributed by atoms with E-state index >= 15 is 0 Å². The highest BCUT2D eigenvalue weighted by Gasteiger charge is 2.08. The molecule has 2 aromatic rings. The number of methoxy groups -OCH3 is 1. The number of Topliss-reactive ketones (excluding diaryl/α,β-unsaturated/α-hetero) is 2. The highest BCUT2D eigenvalue weighted by atomic mass is 79.9. The summed E-state index contributed by atoms with van der Waals surface area (Å²) in [6, 6.07) is 16.4. The van der Waals surface area contributed by atoms with E-state index in [1.54, 1.807) is 19.2 Å². The molecule has 0 aliphatic heterocycles. The first-order chi connectivity index (χ1) is 10.6. The van der Waals surface area contributed by atoms with E-state index in [2.05, 4.69) is 31.9 Å². The average Bonchev–Trinajstić information content (AvgIpc) is 2.61. The predicted octanol–water partition coefficient (Wildman–Crippen LogP) is 4.54. The second-order valence-electron chi connectivity index (χ2n) is 4.18. The molecule has 0 saturated carbocycles. The van der Waals surface area contributed by atoms with Gasteiger partial charge < -0.3 is 4.74 Å². The highest BCUT2D eigenvalue weighted by molar-refractivity contribution is 9.09. The third-order valence-corrected chi connectivity index (χ3v) is 3.76. The lowest BCUT2D eigenvalue weighted by Crippen LogP contribution is -2.02. The van der Waals surface area contributed by atoms with Crippen LogP contribution in [0.3, 0.4) is 0 Å². The van der Waals surface area contributed by atoms with E-state index in [-0.39, 0.29) is 11.6 Å². The van der Waals surface area contributed by atoms with E-state index in [1.165, 1.54) is 0 Å². The Balaban J connectivity index is 0.000000224. The summed E-state index contributed by atoms with van der Waals surface area (Å²) in [6.45, 7) is 0. The van der Waals surface area contributed by atoms with Crippen molar-refractivity contribution in [3.8, 4) is 5.75 Å². The van der Waals surface area contributed by atoms with Crippen LogP contribution in [0.25, 0.3) is 0 Å². The number of rotatable bonds is 5. The number of carbonyl (C=O) groups excluding carboxylic acids is 2. The number of hydrogen-bond acceptors (Lipinski definition) is 3. The van der Waals surface area contributed by atoms with Gasteiger partial charge in [0.2, 0.25) is 0 Å². The maximum Gasteiger partial charge on any atom is 0.177 e. The van der Waals surface area contributed by atoms with Crippen LogP contribution < -0.4 is 4.74 Å². The molecule has 3 nitrogen and oxygen atoms in total. The minimum atomic E-state index is 0.0347. The minimum Gasteiger partial charge on any atom is -0.496 e. The van der Waals surface area contributed by atoms with Gasteiger partial charge in [0.15, 0.2) is 11.6 Å². The zero-order valence-electron chi connectivity index (χ0n) is 12.1. The molecule has 0 atom stereocenters. The van der Waals surface area contributed by atoms with Crippen LogP contribution in [0.2, 0.25) is 0 Å². The van der Waals surface area contributed by atoms with Gasteiger partial charge in [0.05, 0.1) is 23.3 Å². The first-order valence-corrected chi connectivity index (χ1v) is 8.74. The van der Waals surface area contributed by atoms with Crippen molar-refractivity contribution in [1.82, 2.24) is 0 Å². The molecule has 0 radical (unpaired) electrons. The number of ketones is 2.